The van der Waals surface area contributed by atoms with Crippen molar-refractivity contribution in [1.82, 2.24) is 9.88 Å². The third kappa shape index (κ3) is 2.53. The Morgan fingerprint density at radius 1 is 1.67 bits per heavy atom. The smallest absolute Gasteiger partial charge is 0.227 e. The maximum absolute atomic E-state index is 11.7. The van der Waals surface area contributed by atoms with Gasteiger partial charge in [-0.1, -0.05) is 6.07 Å². The van der Waals surface area contributed by atoms with E-state index in [9.17, 15) is 9.90 Å². The van der Waals surface area contributed by atoms with Gasteiger partial charge in [-0.25, -0.2) is 0 Å². The van der Waals surface area contributed by atoms with Crippen LogP contribution in [0.25, 0.3) is 0 Å². The molecule has 1 saturated heterocycles. The number of amides is 1. The Labute approximate surface area is 88.6 Å². The third-order valence-electron chi connectivity index (χ3n) is 2.59. The van der Waals surface area contributed by atoms with E-state index in [0.717, 1.165) is 5.56 Å². The Hall–Kier alpha value is -1.42. The summed E-state index contributed by atoms with van der Waals surface area (Å²) in [5.41, 5.74) is 0.920. The molecule has 0 aromatic carbocycles. The van der Waals surface area contributed by atoms with Gasteiger partial charge in [-0.2, -0.15) is 0 Å². The van der Waals surface area contributed by atoms with Crippen molar-refractivity contribution in [2.45, 2.75) is 18.9 Å². The molecule has 1 N–H and O–H groups in total. The molecular weight excluding hydrogens is 192 g/mol. The molecule has 0 unspecified atom stereocenters. The Morgan fingerprint density at radius 2 is 2.53 bits per heavy atom. The van der Waals surface area contributed by atoms with Gasteiger partial charge in [0.25, 0.3) is 0 Å². The van der Waals surface area contributed by atoms with E-state index in [4.69, 9.17) is 0 Å². The second-order valence-electron chi connectivity index (χ2n) is 3.82. The van der Waals surface area contributed by atoms with Crippen LogP contribution >= 0.6 is 0 Å². The fraction of sp³-hybridized carbons (Fsp3) is 0.455. The zero-order valence-electron chi connectivity index (χ0n) is 8.47. The lowest BCUT2D eigenvalue weighted by Crippen LogP contribution is -2.30. The molecule has 1 aliphatic heterocycles. The van der Waals surface area contributed by atoms with Crippen molar-refractivity contribution in [2.24, 2.45) is 0 Å². The van der Waals surface area contributed by atoms with Crippen LogP contribution in [0.4, 0.5) is 0 Å². The minimum Gasteiger partial charge on any atom is -0.391 e. The van der Waals surface area contributed by atoms with Crippen molar-refractivity contribution in [3.63, 3.8) is 0 Å². The van der Waals surface area contributed by atoms with Gasteiger partial charge in [0.15, 0.2) is 0 Å². The highest BCUT2D eigenvalue weighted by Crippen LogP contribution is 2.10. The maximum Gasteiger partial charge on any atom is 0.227 e. The van der Waals surface area contributed by atoms with Crippen LogP contribution in [-0.2, 0) is 11.2 Å². The first-order valence-corrected chi connectivity index (χ1v) is 5.10. The zero-order chi connectivity index (χ0) is 10.7. The molecule has 0 spiro atoms. The number of pyridine rings is 1. The highest BCUT2D eigenvalue weighted by atomic mass is 16.3. The SMILES string of the molecule is O=C(Cc1cccnc1)N1CC[C@H](O)C1. The molecular formula is C11H14N2O2. The van der Waals surface area contributed by atoms with Gasteiger partial charge in [0.1, 0.15) is 0 Å². The molecule has 0 radical (unpaired) electrons. The van der Waals surface area contributed by atoms with Crippen LogP contribution in [-0.4, -0.2) is 40.1 Å². The van der Waals surface area contributed by atoms with Crippen molar-refractivity contribution in [3.05, 3.63) is 30.1 Å². The molecule has 2 rings (SSSR count). The van der Waals surface area contributed by atoms with Crippen LogP contribution in [0.2, 0.25) is 0 Å². The second-order valence-corrected chi connectivity index (χ2v) is 3.82. The lowest BCUT2D eigenvalue weighted by molar-refractivity contribution is -0.129. The minimum absolute atomic E-state index is 0.0690. The summed E-state index contributed by atoms with van der Waals surface area (Å²) in [6, 6.07) is 3.71. The number of aromatic nitrogens is 1. The predicted octanol–water partition coefficient (Wildman–Crippen LogP) is 0.217. The number of carbonyl (C=O) groups excluding carboxylic acids is 1. The van der Waals surface area contributed by atoms with E-state index in [0.29, 0.717) is 25.9 Å². The fourth-order valence-corrected chi connectivity index (χ4v) is 1.76. The Balaban J connectivity index is 1.93. The summed E-state index contributed by atoms with van der Waals surface area (Å²) in [5.74, 6) is 0.0690. The summed E-state index contributed by atoms with van der Waals surface area (Å²) < 4.78 is 0. The highest BCUT2D eigenvalue weighted by Gasteiger charge is 2.24. The number of carbonyl (C=O) groups is 1. The van der Waals surface area contributed by atoms with Crippen molar-refractivity contribution >= 4 is 5.91 Å². The first kappa shape index (κ1) is 10.1. The van der Waals surface area contributed by atoms with Crippen molar-refractivity contribution in [3.8, 4) is 0 Å². The Bertz CT molecular complexity index is 340. The molecule has 2 heterocycles. The van der Waals surface area contributed by atoms with E-state index in [1.807, 2.05) is 12.1 Å². The number of hydrogen-bond acceptors (Lipinski definition) is 3. The van der Waals surface area contributed by atoms with Gasteiger partial charge >= 0.3 is 0 Å². The summed E-state index contributed by atoms with van der Waals surface area (Å²) in [7, 11) is 0. The Kier molecular flexibility index (Phi) is 2.97. The van der Waals surface area contributed by atoms with Gasteiger partial charge in [-0.15, -0.1) is 0 Å². The largest absolute Gasteiger partial charge is 0.391 e. The molecule has 15 heavy (non-hydrogen) atoms. The second kappa shape index (κ2) is 4.40. The standard InChI is InChI=1S/C11H14N2O2/c14-10-3-5-13(8-10)11(15)6-9-2-1-4-12-7-9/h1-2,4,7,10,14H,3,5-6,8H2/t10-/m0/s1. The van der Waals surface area contributed by atoms with Gasteiger partial charge < -0.3 is 10.0 Å². The number of nitrogens with zero attached hydrogens (tertiary/aromatic N) is 2. The number of aliphatic hydroxyl groups is 1. The zero-order valence-corrected chi connectivity index (χ0v) is 8.47. The van der Waals surface area contributed by atoms with E-state index in [2.05, 4.69) is 4.98 Å². The molecule has 1 aromatic rings. The number of rotatable bonds is 2. The van der Waals surface area contributed by atoms with E-state index >= 15 is 0 Å². The molecule has 0 saturated carbocycles. The molecule has 0 aliphatic carbocycles. The minimum atomic E-state index is -0.345. The van der Waals surface area contributed by atoms with Gasteiger partial charge in [0.2, 0.25) is 5.91 Å². The number of hydrogen-bond donors (Lipinski definition) is 1. The van der Waals surface area contributed by atoms with E-state index in [1.165, 1.54) is 0 Å². The van der Waals surface area contributed by atoms with Crippen LogP contribution in [0.3, 0.4) is 0 Å². The molecule has 1 fully saturated rings. The normalized spacial score (nSPS) is 20.6. The van der Waals surface area contributed by atoms with Crippen LogP contribution in [0.1, 0.15) is 12.0 Å². The summed E-state index contributed by atoms with van der Waals surface area (Å²) >= 11 is 0. The maximum atomic E-state index is 11.7. The quantitative estimate of drug-likeness (QED) is 0.753. The summed E-state index contributed by atoms with van der Waals surface area (Å²) in [6.45, 7) is 1.14. The summed E-state index contributed by atoms with van der Waals surface area (Å²) in [5, 5.41) is 9.31. The lowest BCUT2D eigenvalue weighted by atomic mass is 10.2. The van der Waals surface area contributed by atoms with E-state index < -0.39 is 0 Å². The molecule has 4 heteroatoms. The van der Waals surface area contributed by atoms with Crippen molar-refractivity contribution in [2.75, 3.05) is 13.1 Å². The summed E-state index contributed by atoms with van der Waals surface area (Å²) in [4.78, 5) is 17.4. The molecule has 1 amide bonds. The van der Waals surface area contributed by atoms with Gasteiger partial charge in [-0.3, -0.25) is 9.78 Å². The van der Waals surface area contributed by atoms with Crippen LogP contribution in [0.5, 0.6) is 0 Å². The monoisotopic (exact) mass is 206 g/mol. The number of likely N-dealkylation sites (tertiary alicyclic amines) is 1. The van der Waals surface area contributed by atoms with Crippen molar-refractivity contribution < 1.29 is 9.90 Å². The first-order chi connectivity index (χ1) is 7.25. The molecule has 4 nitrogen and oxygen atoms in total. The molecule has 1 aliphatic rings. The average Bonchev–Trinajstić information content (AvgIpc) is 2.66. The molecule has 1 atom stereocenters. The topological polar surface area (TPSA) is 53.4 Å². The summed E-state index contributed by atoms with van der Waals surface area (Å²) in [6.07, 6.45) is 4.11. The number of aliphatic hydroxyl groups excluding tert-OH is 1. The van der Waals surface area contributed by atoms with Gasteiger partial charge in [-0.05, 0) is 18.1 Å². The lowest BCUT2D eigenvalue weighted by Gasteiger charge is -2.15. The fourth-order valence-electron chi connectivity index (χ4n) is 1.76. The van der Waals surface area contributed by atoms with Crippen molar-refractivity contribution in [1.29, 1.82) is 0 Å². The predicted molar refractivity (Wildman–Crippen MR) is 55.1 cm³/mol. The van der Waals surface area contributed by atoms with E-state index in [1.54, 1.807) is 17.3 Å². The molecule has 1 aromatic heterocycles. The Morgan fingerprint density at radius 3 is 3.13 bits per heavy atom. The highest BCUT2D eigenvalue weighted by molar-refractivity contribution is 5.78. The first-order valence-electron chi connectivity index (χ1n) is 5.10. The van der Waals surface area contributed by atoms with Gasteiger partial charge in [0.05, 0.1) is 12.5 Å². The molecule has 80 valence electrons. The van der Waals surface area contributed by atoms with Crippen LogP contribution in [0.15, 0.2) is 24.5 Å². The molecule has 0 bridgehead atoms. The number of β-amino-alcohol motifs (C(OH)–C–C–N with tert-alkyl or cyclic N) is 1. The van der Waals surface area contributed by atoms with Crippen LogP contribution < -0.4 is 0 Å². The third-order valence-corrected chi connectivity index (χ3v) is 2.59. The van der Waals surface area contributed by atoms with Gasteiger partial charge in [0, 0.05) is 25.5 Å². The van der Waals surface area contributed by atoms with Crippen LogP contribution in [0, 0.1) is 0 Å². The average molecular weight is 206 g/mol. The van der Waals surface area contributed by atoms with E-state index in [-0.39, 0.29) is 12.0 Å².